The van der Waals surface area contributed by atoms with Crippen molar-refractivity contribution in [3.8, 4) is 11.3 Å². The van der Waals surface area contributed by atoms with Crippen LogP contribution in [-0.2, 0) is 17.8 Å². The van der Waals surface area contributed by atoms with Gasteiger partial charge in [-0.1, -0.05) is 72.7 Å². The number of rotatable bonds is 8. The number of piperidine rings is 1. The monoisotopic (exact) mass is 417 g/mol. The second-order valence-corrected chi connectivity index (χ2v) is 8.21. The van der Waals surface area contributed by atoms with Crippen molar-refractivity contribution in [1.82, 2.24) is 10.1 Å². The number of carbonyl (C=O) groups is 1. The van der Waals surface area contributed by atoms with Gasteiger partial charge in [-0.05, 0) is 31.2 Å². The highest BCUT2D eigenvalue weighted by Gasteiger charge is 2.26. The summed E-state index contributed by atoms with van der Waals surface area (Å²) in [5, 5.41) is 4.46. The second-order valence-electron chi connectivity index (χ2n) is 8.21. The summed E-state index contributed by atoms with van der Waals surface area (Å²) in [5.74, 6) is 0.963. The molecule has 0 radical (unpaired) electrons. The molecule has 1 saturated heterocycles. The molecular formula is C26H31N3O2. The van der Waals surface area contributed by atoms with Gasteiger partial charge in [0.2, 0.25) is 11.8 Å². The highest BCUT2D eigenvalue weighted by atomic mass is 16.5. The molecule has 1 aromatic heterocycles. The van der Waals surface area contributed by atoms with E-state index in [1.807, 2.05) is 53.4 Å². The summed E-state index contributed by atoms with van der Waals surface area (Å²) in [4.78, 5) is 17.5. The molecule has 3 aromatic rings. The van der Waals surface area contributed by atoms with Crippen LogP contribution in [0.1, 0.15) is 43.7 Å². The fourth-order valence-corrected chi connectivity index (χ4v) is 4.25. The molecule has 31 heavy (non-hydrogen) atoms. The second kappa shape index (κ2) is 10.3. The van der Waals surface area contributed by atoms with Crippen LogP contribution in [0.3, 0.4) is 0 Å². The Morgan fingerprint density at radius 1 is 1.00 bits per heavy atom. The fraction of sp³-hybridized carbons (Fsp3) is 0.385. The zero-order valence-electron chi connectivity index (χ0n) is 18.3. The zero-order chi connectivity index (χ0) is 21.5. The van der Waals surface area contributed by atoms with Gasteiger partial charge in [0.25, 0.3) is 0 Å². The Morgan fingerprint density at radius 3 is 2.35 bits per heavy atom. The highest BCUT2D eigenvalue weighted by molar-refractivity contribution is 5.79. The lowest BCUT2D eigenvalue weighted by molar-refractivity contribution is -0.131. The number of nitrogens with zero attached hydrogens (tertiary/aromatic N) is 3. The number of aromatic nitrogens is 1. The quantitative estimate of drug-likeness (QED) is 0.498. The molecule has 4 rings (SSSR count). The SMILES string of the molecule is CCCN(Cc1c(-c2ccccc2)noc1N1CCCCC1)C(=O)Cc1ccccc1. The molecule has 1 fully saturated rings. The topological polar surface area (TPSA) is 49.6 Å². The molecule has 1 aliphatic rings. The third-order valence-electron chi connectivity index (χ3n) is 5.85. The van der Waals surface area contributed by atoms with Gasteiger partial charge in [0, 0.05) is 25.2 Å². The van der Waals surface area contributed by atoms with Crippen LogP contribution in [0.15, 0.2) is 65.2 Å². The van der Waals surface area contributed by atoms with Crippen LogP contribution in [0.2, 0.25) is 0 Å². The molecule has 0 saturated carbocycles. The third kappa shape index (κ3) is 5.16. The Labute approximate surface area is 184 Å². The molecule has 0 N–H and O–H groups in total. The largest absolute Gasteiger partial charge is 0.340 e. The molecule has 2 heterocycles. The van der Waals surface area contributed by atoms with E-state index in [2.05, 4.69) is 29.1 Å². The van der Waals surface area contributed by atoms with Crippen LogP contribution >= 0.6 is 0 Å². The van der Waals surface area contributed by atoms with Crippen molar-refractivity contribution >= 4 is 11.8 Å². The number of carbonyl (C=O) groups excluding carboxylic acids is 1. The molecule has 2 aromatic carbocycles. The van der Waals surface area contributed by atoms with Gasteiger partial charge in [0.1, 0.15) is 5.69 Å². The van der Waals surface area contributed by atoms with Crippen molar-refractivity contribution < 1.29 is 9.32 Å². The van der Waals surface area contributed by atoms with Crippen molar-refractivity contribution in [2.24, 2.45) is 0 Å². The number of hydrogen-bond acceptors (Lipinski definition) is 4. The van der Waals surface area contributed by atoms with E-state index in [0.717, 1.165) is 60.6 Å². The molecule has 0 aliphatic carbocycles. The minimum Gasteiger partial charge on any atom is -0.340 e. The van der Waals surface area contributed by atoms with Crippen LogP contribution in [0, 0.1) is 0 Å². The average Bonchev–Trinajstić information content (AvgIpc) is 3.24. The van der Waals surface area contributed by atoms with Gasteiger partial charge in [-0.3, -0.25) is 4.79 Å². The molecule has 5 heteroatoms. The molecule has 0 unspecified atom stereocenters. The van der Waals surface area contributed by atoms with E-state index in [0.29, 0.717) is 19.5 Å². The van der Waals surface area contributed by atoms with Crippen LogP contribution in [0.25, 0.3) is 11.3 Å². The van der Waals surface area contributed by atoms with Crippen LogP contribution in [-0.4, -0.2) is 35.6 Å². The molecular weight excluding hydrogens is 386 g/mol. The lowest BCUT2D eigenvalue weighted by atomic mass is 10.0. The summed E-state index contributed by atoms with van der Waals surface area (Å²) in [6.45, 7) is 5.29. The van der Waals surface area contributed by atoms with Crippen molar-refractivity contribution in [2.75, 3.05) is 24.5 Å². The van der Waals surface area contributed by atoms with Gasteiger partial charge < -0.3 is 14.3 Å². The Bertz CT molecular complexity index is 963. The number of benzene rings is 2. The summed E-state index contributed by atoms with van der Waals surface area (Å²) in [5.41, 5.74) is 3.92. The summed E-state index contributed by atoms with van der Waals surface area (Å²) >= 11 is 0. The molecule has 1 amide bonds. The maximum Gasteiger partial charge on any atom is 0.232 e. The highest BCUT2D eigenvalue weighted by Crippen LogP contribution is 2.34. The molecule has 1 aliphatic heterocycles. The third-order valence-corrected chi connectivity index (χ3v) is 5.85. The van der Waals surface area contributed by atoms with Crippen molar-refractivity contribution in [1.29, 1.82) is 0 Å². The summed E-state index contributed by atoms with van der Waals surface area (Å²) < 4.78 is 5.90. The standard InChI is InChI=1S/C26H31N3O2/c1-2-16-29(24(30)19-21-12-6-3-7-13-21)20-23-25(22-14-8-4-9-15-22)27-31-26(23)28-17-10-5-11-18-28/h3-4,6-9,12-15H,2,5,10-11,16-20H2,1H3. The fourth-order valence-electron chi connectivity index (χ4n) is 4.25. The summed E-state index contributed by atoms with van der Waals surface area (Å²) in [7, 11) is 0. The Balaban J connectivity index is 1.64. The lowest BCUT2D eigenvalue weighted by Gasteiger charge is -2.28. The minimum atomic E-state index is 0.137. The molecule has 0 spiro atoms. The first-order chi connectivity index (χ1) is 15.3. The Hall–Kier alpha value is -3.08. The van der Waals surface area contributed by atoms with Gasteiger partial charge >= 0.3 is 0 Å². The smallest absolute Gasteiger partial charge is 0.232 e. The van der Waals surface area contributed by atoms with Crippen molar-refractivity contribution in [2.45, 2.75) is 45.6 Å². The number of hydrogen-bond donors (Lipinski definition) is 0. The lowest BCUT2D eigenvalue weighted by Crippen LogP contribution is -2.34. The predicted molar refractivity (Wildman–Crippen MR) is 124 cm³/mol. The van der Waals surface area contributed by atoms with E-state index in [4.69, 9.17) is 4.52 Å². The zero-order valence-corrected chi connectivity index (χ0v) is 18.3. The van der Waals surface area contributed by atoms with Gasteiger partial charge in [0.15, 0.2) is 0 Å². The van der Waals surface area contributed by atoms with Crippen molar-refractivity contribution in [3.05, 3.63) is 71.8 Å². The van der Waals surface area contributed by atoms with Gasteiger partial charge in [0.05, 0.1) is 18.5 Å². The van der Waals surface area contributed by atoms with Gasteiger partial charge in [-0.2, -0.15) is 0 Å². The minimum absolute atomic E-state index is 0.137. The predicted octanol–water partition coefficient (Wildman–Crippen LogP) is 5.31. The number of anilines is 1. The molecule has 5 nitrogen and oxygen atoms in total. The van der Waals surface area contributed by atoms with Crippen molar-refractivity contribution in [3.63, 3.8) is 0 Å². The molecule has 0 atom stereocenters. The Kier molecular flexibility index (Phi) is 7.03. The average molecular weight is 418 g/mol. The van der Waals surface area contributed by atoms with Crippen LogP contribution in [0.5, 0.6) is 0 Å². The first-order valence-electron chi connectivity index (χ1n) is 11.4. The summed E-state index contributed by atoms with van der Waals surface area (Å²) in [6.07, 6.45) is 4.89. The van der Waals surface area contributed by atoms with E-state index in [1.54, 1.807) is 0 Å². The normalized spacial score (nSPS) is 13.9. The maximum absolute atomic E-state index is 13.2. The van der Waals surface area contributed by atoms with E-state index >= 15 is 0 Å². The van der Waals surface area contributed by atoms with E-state index in [-0.39, 0.29) is 5.91 Å². The summed E-state index contributed by atoms with van der Waals surface area (Å²) in [6, 6.07) is 20.1. The van der Waals surface area contributed by atoms with Gasteiger partial charge in [-0.25, -0.2) is 0 Å². The first kappa shape index (κ1) is 21.2. The van der Waals surface area contributed by atoms with E-state index in [9.17, 15) is 4.79 Å². The molecule has 0 bridgehead atoms. The maximum atomic E-state index is 13.2. The molecule has 162 valence electrons. The first-order valence-corrected chi connectivity index (χ1v) is 11.4. The Morgan fingerprint density at radius 2 is 1.68 bits per heavy atom. The van der Waals surface area contributed by atoms with Crippen LogP contribution < -0.4 is 4.90 Å². The van der Waals surface area contributed by atoms with E-state index < -0.39 is 0 Å². The van der Waals surface area contributed by atoms with Gasteiger partial charge in [-0.15, -0.1) is 0 Å². The van der Waals surface area contributed by atoms with E-state index in [1.165, 1.54) is 6.42 Å². The van der Waals surface area contributed by atoms with Crippen LogP contribution in [0.4, 0.5) is 5.88 Å². The number of amides is 1.